The Hall–Kier alpha value is -1.02. The third kappa shape index (κ3) is 2.07. The molecule has 0 aromatic carbocycles. The largest absolute Gasteiger partial charge is 0.284 e. The first-order valence-corrected chi connectivity index (χ1v) is 4.40. The summed E-state index contributed by atoms with van der Waals surface area (Å²) in [5.41, 5.74) is -0.136. The molecule has 0 atom stereocenters. The molecule has 0 aliphatic carbocycles. The third-order valence-corrected chi connectivity index (χ3v) is 2.54. The van der Waals surface area contributed by atoms with Crippen LogP contribution in [0.5, 0.6) is 0 Å². The highest BCUT2D eigenvalue weighted by molar-refractivity contribution is 6.48. The van der Waals surface area contributed by atoms with E-state index in [1.165, 1.54) is 12.4 Å². The molecule has 0 unspecified atom stereocenters. The van der Waals surface area contributed by atoms with Crippen LogP contribution >= 0.6 is 34.8 Å². The number of nitrogens with one attached hydrogen (secondary N) is 1. The van der Waals surface area contributed by atoms with E-state index >= 15 is 0 Å². The minimum absolute atomic E-state index is 0.0337. The molecular weight excluding hydrogens is 248 g/mol. The first kappa shape index (κ1) is 11.1. The number of carbonyl (C=O) groups is 1. The minimum atomic E-state index is -0.726. The molecule has 1 amide bonds. The molecule has 1 N–H and O–H groups in total. The summed E-state index contributed by atoms with van der Waals surface area (Å²) in [6, 6.07) is 0. The van der Waals surface area contributed by atoms with Crippen molar-refractivity contribution in [3.8, 4) is 6.19 Å². The van der Waals surface area contributed by atoms with Gasteiger partial charge in [0.05, 0.1) is 15.1 Å². The van der Waals surface area contributed by atoms with Crippen molar-refractivity contribution >= 4 is 40.7 Å². The second-order valence-corrected chi connectivity index (χ2v) is 3.31. The quantitative estimate of drug-likeness (QED) is 0.614. The van der Waals surface area contributed by atoms with Gasteiger partial charge in [0.2, 0.25) is 0 Å². The standard InChI is InChI=1S/C7H2Cl3N3O/c8-3-1-12-6(5(10)4(3)9)7(14)13-2-11/h1H,(H,13,14). The summed E-state index contributed by atoms with van der Waals surface area (Å²) in [6.07, 6.45) is 2.64. The number of hydrogen-bond acceptors (Lipinski definition) is 3. The van der Waals surface area contributed by atoms with Crippen LogP contribution < -0.4 is 5.32 Å². The highest BCUT2D eigenvalue weighted by atomic mass is 35.5. The maximum atomic E-state index is 11.1. The number of carbonyl (C=O) groups excluding carboxylic acids is 1. The van der Waals surface area contributed by atoms with Crippen LogP contribution in [0.3, 0.4) is 0 Å². The lowest BCUT2D eigenvalue weighted by Gasteiger charge is -2.02. The fourth-order valence-electron chi connectivity index (χ4n) is 0.712. The molecule has 7 heteroatoms. The molecule has 0 saturated heterocycles. The summed E-state index contributed by atoms with van der Waals surface area (Å²) in [5.74, 6) is -0.726. The van der Waals surface area contributed by atoms with Crippen molar-refractivity contribution in [2.45, 2.75) is 0 Å². The van der Waals surface area contributed by atoms with Gasteiger partial charge in [-0.25, -0.2) is 4.98 Å². The van der Waals surface area contributed by atoms with Crippen LogP contribution in [-0.4, -0.2) is 10.9 Å². The first-order chi connectivity index (χ1) is 6.57. The Bertz CT molecular complexity index is 427. The van der Waals surface area contributed by atoms with Crippen molar-refractivity contribution in [3.05, 3.63) is 27.0 Å². The molecule has 0 saturated carbocycles. The Morgan fingerprint density at radius 2 is 2.07 bits per heavy atom. The number of rotatable bonds is 1. The molecular formula is C7H2Cl3N3O. The van der Waals surface area contributed by atoms with Crippen molar-refractivity contribution < 1.29 is 4.79 Å². The average molecular weight is 250 g/mol. The third-order valence-electron chi connectivity index (χ3n) is 1.30. The zero-order valence-electron chi connectivity index (χ0n) is 6.51. The fraction of sp³-hybridized carbons (Fsp3) is 0. The van der Waals surface area contributed by atoms with Gasteiger partial charge in [-0.1, -0.05) is 34.8 Å². The Morgan fingerprint density at radius 1 is 1.43 bits per heavy atom. The van der Waals surface area contributed by atoms with Gasteiger partial charge in [0, 0.05) is 6.20 Å². The number of halogens is 3. The monoisotopic (exact) mass is 249 g/mol. The highest BCUT2D eigenvalue weighted by Gasteiger charge is 2.16. The van der Waals surface area contributed by atoms with Crippen LogP contribution in [-0.2, 0) is 0 Å². The van der Waals surface area contributed by atoms with Gasteiger partial charge < -0.3 is 0 Å². The van der Waals surface area contributed by atoms with Gasteiger partial charge in [0.15, 0.2) is 6.19 Å². The van der Waals surface area contributed by atoms with Crippen LogP contribution in [0.2, 0.25) is 15.1 Å². The van der Waals surface area contributed by atoms with Gasteiger partial charge in [-0.2, -0.15) is 5.26 Å². The van der Waals surface area contributed by atoms with Crippen molar-refractivity contribution in [1.29, 1.82) is 5.26 Å². The van der Waals surface area contributed by atoms with Crippen LogP contribution in [0.1, 0.15) is 10.5 Å². The first-order valence-electron chi connectivity index (χ1n) is 3.27. The van der Waals surface area contributed by atoms with E-state index in [1.54, 1.807) is 0 Å². The molecule has 0 bridgehead atoms. The summed E-state index contributed by atoms with van der Waals surface area (Å²) >= 11 is 16.9. The minimum Gasteiger partial charge on any atom is -0.266 e. The Balaban J connectivity index is 3.19. The molecule has 0 aliphatic rings. The topological polar surface area (TPSA) is 65.8 Å². The molecule has 1 aromatic heterocycles. The lowest BCUT2D eigenvalue weighted by molar-refractivity contribution is 0.0968. The van der Waals surface area contributed by atoms with Crippen molar-refractivity contribution in [1.82, 2.24) is 10.3 Å². The van der Waals surface area contributed by atoms with E-state index in [1.807, 2.05) is 5.32 Å². The van der Waals surface area contributed by atoms with E-state index in [0.29, 0.717) is 0 Å². The predicted molar refractivity (Wildman–Crippen MR) is 52.3 cm³/mol. The van der Waals surface area contributed by atoms with Gasteiger partial charge in [-0.3, -0.25) is 10.1 Å². The van der Waals surface area contributed by atoms with E-state index in [4.69, 9.17) is 40.1 Å². The molecule has 4 nitrogen and oxygen atoms in total. The summed E-state index contributed by atoms with van der Waals surface area (Å²) in [7, 11) is 0. The van der Waals surface area contributed by atoms with Gasteiger partial charge in [0.1, 0.15) is 5.69 Å². The fourth-order valence-corrected chi connectivity index (χ4v) is 1.28. The van der Waals surface area contributed by atoms with Crippen LogP contribution in [0.4, 0.5) is 0 Å². The number of aromatic nitrogens is 1. The summed E-state index contributed by atoms with van der Waals surface area (Å²) in [5, 5.41) is 10.2. The SMILES string of the molecule is N#CNC(=O)c1ncc(Cl)c(Cl)c1Cl. The zero-order chi connectivity index (χ0) is 10.7. The van der Waals surface area contributed by atoms with Crippen LogP contribution in [0.25, 0.3) is 0 Å². The maximum Gasteiger partial charge on any atom is 0.284 e. The van der Waals surface area contributed by atoms with E-state index in [9.17, 15) is 4.79 Å². The van der Waals surface area contributed by atoms with Gasteiger partial charge in [-0.05, 0) is 0 Å². The lowest BCUT2D eigenvalue weighted by Crippen LogP contribution is -2.19. The Labute approximate surface area is 94.4 Å². The number of nitriles is 1. The molecule has 1 aromatic rings. The number of nitrogens with zero attached hydrogens (tertiary/aromatic N) is 2. The molecule has 72 valence electrons. The number of pyridine rings is 1. The van der Waals surface area contributed by atoms with Crippen molar-refractivity contribution in [3.63, 3.8) is 0 Å². The molecule has 1 heterocycles. The van der Waals surface area contributed by atoms with Crippen molar-refractivity contribution in [2.24, 2.45) is 0 Å². The molecule has 14 heavy (non-hydrogen) atoms. The molecule has 1 rings (SSSR count). The highest BCUT2D eigenvalue weighted by Crippen LogP contribution is 2.30. The van der Waals surface area contributed by atoms with Crippen LogP contribution in [0, 0.1) is 11.5 Å². The number of hydrogen-bond donors (Lipinski definition) is 1. The summed E-state index contributed by atoms with van der Waals surface area (Å²) in [4.78, 5) is 14.8. The molecule has 0 aliphatic heterocycles. The normalized spacial score (nSPS) is 9.29. The summed E-state index contributed by atoms with van der Waals surface area (Å²) in [6.45, 7) is 0. The second kappa shape index (κ2) is 4.47. The lowest BCUT2D eigenvalue weighted by atomic mass is 10.3. The predicted octanol–water partition coefficient (Wildman–Crippen LogP) is 2.25. The van der Waals surface area contributed by atoms with E-state index in [0.717, 1.165) is 0 Å². The Kier molecular flexibility index (Phi) is 3.53. The second-order valence-electron chi connectivity index (χ2n) is 2.15. The van der Waals surface area contributed by atoms with E-state index < -0.39 is 5.91 Å². The molecule has 0 radical (unpaired) electrons. The van der Waals surface area contributed by atoms with Crippen molar-refractivity contribution in [2.75, 3.05) is 0 Å². The smallest absolute Gasteiger partial charge is 0.266 e. The van der Waals surface area contributed by atoms with Gasteiger partial charge >= 0.3 is 0 Å². The number of amides is 1. The van der Waals surface area contributed by atoms with E-state index in [-0.39, 0.29) is 20.8 Å². The van der Waals surface area contributed by atoms with Crippen LogP contribution in [0.15, 0.2) is 6.20 Å². The van der Waals surface area contributed by atoms with Gasteiger partial charge in [-0.15, -0.1) is 0 Å². The Morgan fingerprint density at radius 3 is 2.64 bits per heavy atom. The zero-order valence-corrected chi connectivity index (χ0v) is 8.78. The molecule has 0 fully saturated rings. The van der Waals surface area contributed by atoms with E-state index in [2.05, 4.69) is 4.98 Å². The summed E-state index contributed by atoms with van der Waals surface area (Å²) < 4.78 is 0. The average Bonchev–Trinajstić information content (AvgIpc) is 2.15. The maximum absolute atomic E-state index is 11.1. The van der Waals surface area contributed by atoms with Gasteiger partial charge in [0.25, 0.3) is 5.91 Å². The molecule has 0 spiro atoms.